The van der Waals surface area contributed by atoms with E-state index in [1.165, 1.54) is 16.7 Å². The van der Waals surface area contributed by atoms with Crippen molar-refractivity contribution in [1.82, 2.24) is 5.32 Å². The van der Waals surface area contributed by atoms with Gasteiger partial charge in [0.1, 0.15) is 0 Å². The van der Waals surface area contributed by atoms with E-state index in [9.17, 15) is 5.26 Å². The largest absolute Gasteiger partial charge is 0.360 e. The maximum Gasteiger partial charge on any atom is 0.157 e. The molecule has 3 aromatic carbocycles. The van der Waals surface area contributed by atoms with E-state index >= 15 is 0 Å². The molecule has 0 fully saturated rings. The van der Waals surface area contributed by atoms with Crippen LogP contribution >= 0.6 is 11.8 Å². The summed E-state index contributed by atoms with van der Waals surface area (Å²) in [6.45, 7) is 11.0. The summed E-state index contributed by atoms with van der Waals surface area (Å²) in [6, 6.07) is 27.5. The highest BCUT2D eigenvalue weighted by Crippen LogP contribution is 2.45. The van der Waals surface area contributed by atoms with Gasteiger partial charge in [-0.1, -0.05) is 73.3 Å². The smallest absolute Gasteiger partial charge is 0.157 e. The van der Waals surface area contributed by atoms with Crippen molar-refractivity contribution < 1.29 is 0 Å². The molecule has 0 saturated carbocycles. The summed E-state index contributed by atoms with van der Waals surface area (Å²) in [5.74, 6) is 1.27. The number of nitrogens with zero attached hydrogens (tertiary/aromatic N) is 2. The van der Waals surface area contributed by atoms with Crippen LogP contribution in [0.25, 0.3) is 11.1 Å². The van der Waals surface area contributed by atoms with Crippen LogP contribution in [0, 0.1) is 18.3 Å². The number of nitriles is 1. The summed E-state index contributed by atoms with van der Waals surface area (Å²) < 4.78 is 0. The van der Waals surface area contributed by atoms with Gasteiger partial charge < -0.3 is 5.32 Å². The molecule has 1 N–H and O–H groups in total. The molecule has 0 amide bonds. The lowest BCUT2D eigenvalue weighted by molar-refractivity contribution is 0.427. The number of nitrogens with one attached hydrogen (secondary N) is 1. The molecule has 3 nitrogen and oxygen atoms in total. The van der Waals surface area contributed by atoms with Crippen LogP contribution in [0.1, 0.15) is 62.3 Å². The minimum absolute atomic E-state index is 0.0401. The molecular weight excluding hydrogens is 434 g/mol. The number of thioether (sulfide) groups is 1. The minimum atomic E-state index is -0.319. The van der Waals surface area contributed by atoms with Gasteiger partial charge in [-0.25, -0.2) is 0 Å². The zero-order valence-electron chi connectivity index (χ0n) is 20.7. The maximum absolute atomic E-state index is 9.37. The molecular formula is C30H33N3S. The summed E-state index contributed by atoms with van der Waals surface area (Å²) in [5, 5.41) is 14.0. The first kappa shape index (κ1) is 24.1. The Morgan fingerprint density at radius 1 is 1.03 bits per heavy atom. The lowest BCUT2D eigenvalue weighted by Crippen LogP contribution is -2.38. The Hall–Kier alpha value is -3.03. The predicted molar refractivity (Wildman–Crippen MR) is 145 cm³/mol. The van der Waals surface area contributed by atoms with Crippen LogP contribution in [0.15, 0.2) is 77.8 Å². The van der Waals surface area contributed by atoms with Crippen molar-refractivity contribution in [3.8, 4) is 17.2 Å². The van der Waals surface area contributed by atoms with E-state index < -0.39 is 0 Å². The fourth-order valence-corrected chi connectivity index (χ4v) is 5.99. The molecule has 0 saturated heterocycles. The lowest BCUT2D eigenvalue weighted by Gasteiger charge is -2.31. The van der Waals surface area contributed by atoms with E-state index in [0.29, 0.717) is 11.5 Å². The van der Waals surface area contributed by atoms with Gasteiger partial charge in [-0.05, 0) is 86.1 Å². The topological polar surface area (TPSA) is 48.2 Å². The van der Waals surface area contributed by atoms with E-state index in [1.807, 2.05) is 30.0 Å². The summed E-state index contributed by atoms with van der Waals surface area (Å²) in [4.78, 5) is 5.39. The van der Waals surface area contributed by atoms with Gasteiger partial charge in [0.25, 0.3) is 0 Å². The Morgan fingerprint density at radius 2 is 1.76 bits per heavy atom. The number of hydrogen-bond acceptors (Lipinski definition) is 4. The normalized spacial score (nSPS) is 18.8. The average molecular weight is 468 g/mol. The highest BCUT2D eigenvalue weighted by molar-refractivity contribution is 8.14. The Labute approximate surface area is 208 Å². The Balaban J connectivity index is 1.80. The number of aliphatic imine (C=N–C) groups is 1. The van der Waals surface area contributed by atoms with Crippen LogP contribution < -0.4 is 5.32 Å². The monoisotopic (exact) mass is 467 g/mol. The number of rotatable bonds is 5. The predicted octanol–water partition coefficient (Wildman–Crippen LogP) is 7.41. The van der Waals surface area contributed by atoms with Crippen LogP contribution in [0.5, 0.6) is 0 Å². The first-order chi connectivity index (χ1) is 16.2. The molecule has 0 bridgehead atoms. The molecule has 3 aromatic rings. The van der Waals surface area contributed by atoms with Crippen molar-refractivity contribution in [3.05, 3.63) is 95.1 Å². The molecule has 34 heavy (non-hydrogen) atoms. The van der Waals surface area contributed by atoms with Crippen LogP contribution in [-0.4, -0.2) is 16.5 Å². The van der Waals surface area contributed by atoms with Gasteiger partial charge in [-0.15, -0.1) is 0 Å². The van der Waals surface area contributed by atoms with Gasteiger partial charge in [0.2, 0.25) is 0 Å². The highest BCUT2D eigenvalue weighted by atomic mass is 32.2. The van der Waals surface area contributed by atoms with E-state index in [2.05, 4.69) is 101 Å². The van der Waals surface area contributed by atoms with Crippen LogP contribution in [0.3, 0.4) is 0 Å². The molecule has 0 aromatic heterocycles. The molecule has 4 rings (SSSR count). The first-order valence-electron chi connectivity index (χ1n) is 11.9. The fraction of sp³-hybridized carbons (Fsp3) is 0.333. The molecule has 1 aliphatic rings. The number of amidine groups is 1. The zero-order chi connectivity index (χ0) is 24.3. The van der Waals surface area contributed by atoms with Crippen LogP contribution in [0.2, 0.25) is 0 Å². The third-order valence-corrected chi connectivity index (χ3v) is 7.41. The van der Waals surface area contributed by atoms with Gasteiger partial charge in [0.05, 0.1) is 17.2 Å². The minimum Gasteiger partial charge on any atom is -0.360 e. The fourth-order valence-electron chi connectivity index (χ4n) is 4.66. The van der Waals surface area contributed by atoms with Crippen molar-refractivity contribution >= 4 is 16.9 Å². The second kappa shape index (κ2) is 9.68. The van der Waals surface area contributed by atoms with Crippen LogP contribution in [0.4, 0.5) is 0 Å². The Kier molecular flexibility index (Phi) is 6.86. The van der Waals surface area contributed by atoms with Gasteiger partial charge in [0.15, 0.2) is 5.17 Å². The molecule has 1 heterocycles. The second-order valence-corrected chi connectivity index (χ2v) is 11.3. The molecule has 2 atom stereocenters. The third kappa shape index (κ3) is 5.37. The highest BCUT2D eigenvalue weighted by Gasteiger charge is 2.40. The molecule has 4 heteroatoms. The summed E-state index contributed by atoms with van der Waals surface area (Å²) in [5.41, 5.74) is 6.38. The van der Waals surface area contributed by atoms with Gasteiger partial charge >= 0.3 is 0 Å². The van der Waals surface area contributed by atoms with Gasteiger partial charge in [0, 0.05) is 11.3 Å². The first-order valence-corrected chi connectivity index (χ1v) is 12.9. The van der Waals surface area contributed by atoms with Crippen molar-refractivity contribution in [1.29, 1.82) is 5.26 Å². The Morgan fingerprint density at radius 3 is 2.47 bits per heavy atom. The third-order valence-electron chi connectivity index (χ3n) is 6.32. The SMILES string of the molecule is Cc1ccc(-c2cccc(C#N)c2)cc1C1(CC(C)c2ccccc2)CSC(NC(C)(C)C)=N1. The average Bonchev–Trinajstić information content (AvgIpc) is 3.21. The zero-order valence-corrected chi connectivity index (χ0v) is 21.5. The molecule has 0 radical (unpaired) electrons. The molecule has 1 aliphatic heterocycles. The van der Waals surface area contributed by atoms with Crippen LogP contribution in [-0.2, 0) is 5.54 Å². The van der Waals surface area contributed by atoms with Gasteiger partial charge in [-0.2, -0.15) is 5.26 Å². The lowest BCUT2D eigenvalue weighted by atomic mass is 9.79. The molecule has 2 unspecified atom stereocenters. The van der Waals surface area contributed by atoms with Crippen molar-refractivity contribution in [2.24, 2.45) is 4.99 Å². The van der Waals surface area contributed by atoms with E-state index in [1.54, 1.807) is 0 Å². The van der Waals surface area contributed by atoms with Crippen molar-refractivity contribution in [2.75, 3.05) is 5.75 Å². The number of benzene rings is 3. The number of aryl methyl sites for hydroxylation is 1. The maximum atomic E-state index is 9.37. The van der Waals surface area contributed by atoms with Crippen molar-refractivity contribution in [3.63, 3.8) is 0 Å². The van der Waals surface area contributed by atoms with E-state index in [-0.39, 0.29) is 11.1 Å². The summed E-state index contributed by atoms with van der Waals surface area (Å²) in [6.07, 6.45) is 0.932. The second-order valence-electron chi connectivity index (χ2n) is 10.4. The molecule has 0 spiro atoms. The Bertz CT molecular complexity index is 1230. The molecule has 0 aliphatic carbocycles. The van der Waals surface area contributed by atoms with Crippen molar-refractivity contribution in [2.45, 2.75) is 58.0 Å². The van der Waals surface area contributed by atoms with E-state index in [0.717, 1.165) is 28.5 Å². The van der Waals surface area contributed by atoms with E-state index in [4.69, 9.17) is 4.99 Å². The number of hydrogen-bond donors (Lipinski definition) is 1. The molecule has 174 valence electrons. The quantitative estimate of drug-likeness (QED) is 0.425. The summed E-state index contributed by atoms with van der Waals surface area (Å²) in [7, 11) is 0. The standard InChI is InChI=1S/C30H33N3S/c1-21-14-15-26(25-13-9-10-23(16-25)19-31)17-27(21)30(18-22(2)24-11-7-6-8-12-24)20-34-28(33-30)32-29(3,4)5/h6-17,22H,18,20H2,1-5H3,(H,32,33). The summed E-state index contributed by atoms with van der Waals surface area (Å²) >= 11 is 1.82. The van der Waals surface area contributed by atoms with Gasteiger partial charge in [-0.3, -0.25) is 4.99 Å².